The highest BCUT2D eigenvalue weighted by molar-refractivity contribution is 5.35. The van der Waals surface area contributed by atoms with Gasteiger partial charge in [0.25, 0.3) is 0 Å². The Morgan fingerprint density at radius 3 is 2.67 bits per heavy atom. The van der Waals surface area contributed by atoms with Gasteiger partial charge in [0, 0.05) is 0 Å². The van der Waals surface area contributed by atoms with Gasteiger partial charge in [-0.05, 0) is 62.1 Å². The molecule has 1 saturated heterocycles. The van der Waals surface area contributed by atoms with Crippen LogP contribution in [0.15, 0.2) is 18.2 Å². The summed E-state index contributed by atoms with van der Waals surface area (Å²) in [5.74, 6) is 0. The van der Waals surface area contributed by atoms with Crippen LogP contribution in [0.1, 0.15) is 55.4 Å². The molecule has 1 heterocycles. The third-order valence-corrected chi connectivity index (χ3v) is 4.33. The average Bonchev–Trinajstić information content (AvgIpc) is 2.84. The standard InChI is InChI=1S/C16H22O2/c1-11-6-9-15(18-11)16(17)14-8-7-12-4-2-3-5-13(12)10-14/h7-8,10-11,15-17H,2-6,9H2,1H3. The van der Waals surface area contributed by atoms with E-state index in [-0.39, 0.29) is 6.10 Å². The molecule has 1 fully saturated rings. The van der Waals surface area contributed by atoms with Crippen molar-refractivity contribution in [2.24, 2.45) is 0 Å². The zero-order chi connectivity index (χ0) is 12.5. The molecule has 0 amide bonds. The number of hydrogen-bond acceptors (Lipinski definition) is 2. The number of aliphatic hydroxyl groups is 1. The number of aryl methyl sites for hydroxylation is 2. The van der Waals surface area contributed by atoms with Crippen LogP contribution in [0.2, 0.25) is 0 Å². The smallest absolute Gasteiger partial charge is 0.105 e. The van der Waals surface area contributed by atoms with Gasteiger partial charge in [-0.1, -0.05) is 18.2 Å². The van der Waals surface area contributed by atoms with Crippen LogP contribution in [0.4, 0.5) is 0 Å². The Morgan fingerprint density at radius 2 is 1.94 bits per heavy atom. The highest BCUT2D eigenvalue weighted by atomic mass is 16.5. The number of aliphatic hydroxyl groups excluding tert-OH is 1. The van der Waals surface area contributed by atoms with Gasteiger partial charge in [-0.3, -0.25) is 0 Å². The molecule has 2 heteroatoms. The molecule has 0 saturated carbocycles. The van der Waals surface area contributed by atoms with Crippen LogP contribution in [-0.4, -0.2) is 17.3 Å². The Balaban J connectivity index is 1.79. The molecule has 0 radical (unpaired) electrons. The predicted molar refractivity (Wildman–Crippen MR) is 71.6 cm³/mol. The molecule has 3 rings (SSSR count). The minimum Gasteiger partial charge on any atom is -0.386 e. The van der Waals surface area contributed by atoms with Crippen LogP contribution in [0, 0.1) is 0 Å². The second kappa shape index (κ2) is 5.02. The first-order valence-corrected chi connectivity index (χ1v) is 7.19. The summed E-state index contributed by atoms with van der Waals surface area (Å²) in [6.45, 7) is 2.08. The van der Waals surface area contributed by atoms with Crippen LogP contribution < -0.4 is 0 Å². The molecule has 1 aromatic carbocycles. The lowest BCUT2D eigenvalue weighted by Crippen LogP contribution is -2.19. The Hall–Kier alpha value is -0.860. The van der Waals surface area contributed by atoms with Gasteiger partial charge in [-0.15, -0.1) is 0 Å². The third kappa shape index (κ3) is 2.32. The highest BCUT2D eigenvalue weighted by Gasteiger charge is 2.29. The van der Waals surface area contributed by atoms with Gasteiger partial charge in [0.1, 0.15) is 6.10 Å². The van der Waals surface area contributed by atoms with Crippen LogP contribution >= 0.6 is 0 Å². The first-order chi connectivity index (χ1) is 8.74. The van der Waals surface area contributed by atoms with E-state index in [0.29, 0.717) is 6.10 Å². The number of ether oxygens (including phenoxy) is 1. The molecular formula is C16H22O2. The van der Waals surface area contributed by atoms with Crippen LogP contribution in [0.5, 0.6) is 0 Å². The van der Waals surface area contributed by atoms with Gasteiger partial charge in [0.15, 0.2) is 0 Å². The first kappa shape index (κ1) is 12.2. The molecule has 0 bridgehead atoms. The van der Waals surface area contributed by atoms with Gasteiger partial charge < -0.3 is 9.84 Å². The molecule has 2 nitrogen and oxygen atoms in total. The van der Waals surface area contributed by atoms with E-state index >= 15 is 0 Å². The van der Waals surface area contributed by atoms with E-state index in [2.05, 4.69) is 25.1 Å². The molecule has 2 aliphatic rings. The maximum absolute atomic E-state index is 10.4. The Labute approximate surface area is 109 Å². The van der Waals surface area contributed by atoms with Crippen LogP contribution in [0.25, 0.3) is 0 Å². The van der Waals surface area contributed by atoms with Crippen molar-refractivity contribution in [1.29, 1.82) is 0 Å². The summed E-state index contributed by atoms with van der Waals surface area (Å²) in [5, 5.41) is 10.4. The largest absolute Gasteiger partial charge is 0.386 e. The number of hydrogen-bond donors (Lipinski definition) is 1. The molecule has 1 N–H and O–H groups in total. The molecule has 1 aliphatic heterocycles. The van der Waals surface area contributed by atoms with Crippen molar-refractivity contribution in [2.45, 2.75) is 63.8 Å². The van der Waals surface area contributed by atoms with Crippen LogP contribution in [-0.2, 0) is 17.6 Å². The number of benzene rings is 1. The fraction of sp³-hybridized carbons (Fsp3) is 0.625. The lowest BCUT2D eigenvalue weighted by Gasteiger charge is -2.22. The second-order valence-electron chi connectivity index (χ2n) is 5.74. The summed E-state index contributed by atoms with van der Waals surface area (Å²) in [6, 6.07) is 6.48. The molecule has 1 aromatic rings. The van der Waals surface area contributed by atoms with Crippen molar-refractivity contribution in [3.05, 3.63) is 34.9 Å². The lowest BCUT2D eigenvalue weighted by molar-refractivity contribution is -0.0297. The molecular weight excluding hydrogens is 224 g/mol. The van der Waals surface area contributed by atoms with E-state index in [1.165, 1.54) is 30.4 Å². The van der Waals surface area contributed by atoms with Crippen LogP contribution in [0.3, 0.4) is 0 Å². The van der Waals surface area contributed by atoms with E-state index in [4.69, 9.17) is 4.74 Å². The molecule has 0 aromatic heterocycles. The van der Waals surface area contributed by atoms with Crippen molar-refractivity contribution in [3.8, 4) is 0 Å². The molecule has 3 unspecified atom stereocenters. The summed E-state index contributed by atoms with van der Waals surface area (Å²) in [6.07, 6.45) is 6.81. The average molecular weight is 246 g/mol. The fourth-order valence-electron chi connectivity index (χ4n) is 3.22. The Kier molecular flexibility index (Phi) is 3.40. The fourth-order valence-corrected chi connectivity index (χ4v) is 3.22. The SMILES string of the molecule is CC1CCC(C(O)c2ccc3c(c2)CCCC3)O1. The summed E-state index contributed by atoms with van der Waals surface area (Å²) in [5.41, 5.74) is 3.94. The van der Waals surface area contributed by atoms with Gasteiger partial charge >= 0.3 is 0 Å². The first-order valence-electron chi connectivity index (χ1n) is 7.19. The van der Waals surface area contributed by atoms with E-state index in [1.54, 1.807) is 0 Å². The van der Waals surface area contributed by atoms with E-state index in [1.807, 2.05) is 0 Å². The van der Waals surface area contributed by atoms with Gasteiger partial charge in [0.05, 0.1) is 12.2 Å². The van der Waals surface area contributed by atoms with Crippen molar-refractivity contribution in [3.63, 3.8) is 0 Å². The predicted octanol–water partition coefficient (Wildman–Crippen LogP) is 3.17. The molecule has 3 atom stereocenters. The monoisotopic (exact) mass is 246 g/mol. The molecule has 18 heavy (non-hydrogen) atoms. The summed E-state index contributed by atoms with van der Waals surface area (Å²) in [7, 11) is 0. The maximum Gasteiger partial charge on any atom is 0.105 e. The van der Waals surface area contributed by atoms with E-state index in [9.17, 15) is 5.11 Å². The zero-order valence-corrected chi connectivity index (χ0v) is 11.1. The lowest BCUT2D eigenvalue weighted by atomic mass is 9.88. The summed E-state index contributed by atoms with van der Waals surface area (Å²) >= 11 is 0. The maximum atomic E-state index is 10.4. The van der Waals surface area contributed by atoms with E-state index < -0.39 is 6.10 Å². The normalized spacial score (nSPS) is 29.0. The topological polar surface area (TPSA) is 29.5 Å². The second-order valence-corrected chi connectivity index (χ2v) is 5.74. The third-order valence-electron chi connectivity index (χ3n) is 4.33. The quantitative estimate of drug-likeness (QED) is 0.868. The van der Waals surface area contributed by atoms with Crippen molar-refractivity contribution in [1.82, 2.24) is 0 Å². The zero-order valence-electron chi connectivity index (χ0n) is 11.1. The molecule has 98 valence electrons. The van der Waals surface area contributed by atoms with Gasteiger partial charge in [-0.25, -0.2) is 0 Å². The van der Waals surface area contributed by atoms with Crippen molar-refractivity contribution in [2.75, 3.05) is 0 Å². The number of rotatable bonds is 2. The van der Waals surface area contributed by atoms with E-state index in [0.717, 1.165) is 24.8 Å². The number of fused-ring (bicyclic) bond motifs is 1. The Bertz CT molecular complexity index is 427. The summed E-state index contributed by atoms with van der Waals surface area (Å²) in [4.78, 5) is 0. The highest BCUT2D eigenvalue weighted by Crippen LogP contribution is 2.32. The molecule has 1 aliphatic carbocycles. The van der Waals surface area contributed by atoms with Crippen molar-refractivity contribution < 1.29 is 9.84 Å². The Morgan fingerprint density at radius 1 is 1.17 bits per heavy atom. The van der Waals surface area contributed by atoms with Gasteiger partial charge in [-0.2, -0.15) is 0 Å². The molecule has 0 spiro atoms. The minimum absolute atomic E-state index is 0.0124. The van der Waals surface area contributed by atoms with Gasteiger partial charge in [0.2, 0.25) is 0 Å². The van der Waals surface area contributed by atoms with Crippen molar-refractivity contribution >= 4 is 0 Å². The summed E-state index contributed by atoms with van der Waals surface area (Å²) < 4.78 is 5.77. The minimum atomic E-state index is -0.456.